The molecular weight excluding hydrogens is 379 g/mol. The van der Waals surface area contributed by atoms with Gasteiger partial charge in [-0.25, -0.2) is 9.79 Å². The minimum absolute atomic E-state index is 0.296. The van der Waals surface area contributed by atoms with Crippen LogP contribution in [0.5, 0.6) is 0 Å². The van der Waals surface area contributed by atoms with Gasteiger partial charge in [-0.2, -0.15) is 0 Å². The standard InChI is InChI=1S/C18H22Cl2N2O2S/c1-5-24-17(23)14-11(4)21-18(25-9-10(2)3)22-16(14)12-7-6-8-13(19)15(12)20/h6-8,10,16H,5,9H2,1-4H3,(H,21,22)/t16-/m0/s1. The van der Waals surface area contributed by atoms with Crippen LogP contribution in [0.15, 0.2) is 34.5 Å². The van der Waals surface area contributed by atoms with E-state index in [4.69, 9.17) is 32.9 Å². The Morgan fingerprint density at radius 1 is 1.40 bits per heavy atom. The number of carbonyl (C=O) groups is 1. The van der Waals surface area contributed by atoms with Crippen LogP contribution in [-0.2, 0) is 9.53 Å². The number of allylic oxidation sites excluding steroid dienone is 1. The number of nitrogens with one attached hydrogen (secondary N) is 1. The number of esters is 1. The Labute approximate surface area is 163 Å². The number of carbonyl (C=O) groups excluding carboxylic acids is 1. The van der Waals surface area contributed by atoms with Gasteiger partial charge in [-0.05, 0) is 25.8 Å². The van der Waals surface area contributed by atoms with Crippen molar-refractivity contribution < 1.29 is 9.53 Å². The van der Waals surface area contributed by atoms with Crippen LogP contribution in [0.25, 0.3) is 0 Å². The number of halogens is 2. The third kappa shape index (κ3) is 4.93. The molecular formula is C18H22Cl2N2O2S. The first-order valence-corrected chi connectivity index (χ1v) is 9.88. The highest BCUT2D eigenvalue weighted by Crippen LogP contribution is 2.39. The lowest BCUT2D eigenvalue weighted by molar-refractivity contribution is -0.138. The number of amidine groups is 1. The molecule has 2 rings (SSSR count). The van der Waals surface area contributed by atoms with Gasteiger partial charge >= 0.3 is 5.97 Å². The van der Waals surface area contributed by atoms with Gasteiger partial charge in [0.2, 0.25) is 0 Å². The maximum atomic E-state index is 12.5. The molecule has 1 heterocycles. The lowest BCUT2D eigenvalue weighted by atomic mass is 9.96. The van der Waals surface area contributed by atoms with Crippen molar-refractivity contribution in [1.29, 1.82) is 0 Å². The fourth-order valence-electron chi connectivity index (χ4n) is 2.40. The van der Waals surface area contributed by atoms with E-state index in [1.807, 2.05) is 13.0 Å². The molecule has 0 aromatic heterocycles. The summed E-state index contributed by atoms with van der Waals surface area (Å²) in [5.74, 6) is 1.05. The summed E-state index contributed by atoms with van der Waals surface area (Å²) >= 11 is 14.2. The Balaban J connectivity index is 2.46. The van der Waals surface area contributed by atoms with Crippen LogP contribution in [0.2, 0.25) is 10.0 Å². The molecule has 1 atom stereocenters. The Morgan fingerprint density at radius 3 is 2.76 bits per heavy atom. The molecule has 0 bridgehead atoms. The second-order valence-corrected chi connectivity index (χ2v) is 7.86. The molecule has 0 aliphatic carbocycles. The summed E-state index contributed by atoms with van der Waals surface area (Å²) in [5.41, 5.74) is 1.88. The maximum absolute atomic E-state index is 12.5. The van der Waals surface area contributed by atoms with E-state index in [1.165, 1.54) is 0 Å². The molecule has 25 heavy (non-hydrogen) atoms. The van der Waals surface area contributed by atoms with Crippen LogP contribution in [0.4, 0.5) is 0 Å². The summed E-state index contributed by atoms with van der Waals surface area (Å²) < 4.78 is 5.22. The Bertz CT molecular complexity index is 717. The average Bonchev–Trinajstić information content (AvgIpc) is 2.55. The van der Waals surface area contributed by atoms with Crippen molar-refractivity contribution in [3.05, 3.63) is 45.1 Å². The molecule has 0 amide bonds. The Morgan fingerprint density at radius 2 is 2.12 bits per heavy atom. The van der Waals surface area contributed by atoms with Gasteiger partial charge in [0.25, 0.3) is 0 Å². The normalized spacial score (nSPS) is 17.4. The van der Waals surface area contributed by atoms with E-state index in [0.717, 1.165) is 16.6 Å². The predicted molar refractivity (Wildman–Crippen MR) is 106 cm³/mol. The molecule has 0 unspecified atom stereocenters. The number of nitrogens with zero attached hydrogens (tertiary/aromatic N) is 1. The third-order valence-corrected chi connectivity index (χ3v) is 5.69. The summed E-state index contributed by atoms with van der Waals surface area (Å²) in [6.07, 6.45) is 0. The maximum Gasteiger partial charge on any atom is 0.338 e. The number of thioether (sulfide) groups is 1. The first kappa shape index (κ1) is 20.1. The number of rotatable bonds is 5. The smallest absolute Gasteiger partial charge is 0.338 e. The molecule has 0 saturated carbocycles. The molecule has 0 spiro atoms. The van der Waals surface area contributed by atoms with E-state index >= 15 is 0 Å². The van der Waals surface area contributed by atoms with Crippen molar-refractivity contribution in [2.24, 2.45) is 10.9 Å². The third-order valence-electron chi connectivity index (χ3n) is 3.54. The van der Waals surface area contributed by atoms with E-state index in [1.54, 1.807) is 30.8 Å². The second kappa shape index (κ2) is 8.97. The molecule has 4 nitrogen and oxygen atoms in total. The highest BCUT2D eigenvalue weighted by Gasteiger charge is 2.32. The first-order valence-electron chi connectivity index (χ1n) is 8.14. The van der Waals surface area contributed by atoms with Gasteiger partial charge in [-0.3, -0.25) is 0 Å². The summed E-state index contributed by atoms with van der Waals surface area (Å²) in [6, 6.07) is 4.82. The SMILES string of the molecule is CCOC(=O)C1=C(C)NC(SCC(C)C)=N[C@H]1c1cccc(Cl)c1Cl. The molecule has 1 aromatic carbocycles. The van der Waals surface area contributed by atoms with Gasteiger partial charge in [0.1, 0.15) is 6.04 Å². The van der Waals surface area contributed by atoms with E-state index in [2.05, 4.69) is 19.2 Å². The van der Waals surface area contributed by atoms with Crippen LogP contribution in [-0.4, -0.2) is 23.5 Å². The van der Waals surface area contributed by atoms with Crippen molar-refractivity contribution in [2.75, 3.05) is 12.4 Å². The second-order valence-electron chi connectivity index (χ2n) is 6.07. The number of hydrogen-bond acceptors (Lipinski definition) is 5. The largest absolute Gasteiger partial charge is 0.463 e. The van der Waals surface area contributed by atoms with Gasteiger partial charge in [-0.1, -0.05) is 60.9 Å². The van der Waals surface area contributed by atoms with Crippen LogP contribution in [0.1, 0.15) is 39.3 Å². The van der Waals surface area contributed by atoms with Crippen molar-refractivity contribution in [3.63, 3.8) is 0 Å². The van der Waals surface area contributed by atoms with Crippen LogP contribution in [0, 0.1) is 5.92 Å². The van der Waals surface area contributed by atoms with Gasteiger partial charge < -0.3 is 10.1 Å². The molecule has 1 aromatic rings. The summed E-state index contributed by atoms with van der Waals surface area (Å²) in [4.78, 5) is 17.2. The summed E-state index contributed by atoms with van der Waals surface area (Å²) in [7, 11) is 0. The highest BCUT2D eigenvalue weighted by atomic mass is 35.5. The minimum Gasteiger partial charge on any atom is -0.463 e. The summed E-state index contributed by atoms with van der Waals surface area (Å²) in [5, 5.41) is 4.82. The topological polar surface area (TPSA) is 50.7 Å². The van der Waals surface area contributed by atoms with Crippen molar-refractivity contribution in [3.8, 4) is 0 Å². The van der Waals surface area contributed by atoms with Crippen LogP contribution < -0.4 is 5.32 Å². The number of hydrogen-bond donors (Lipinski definition) is 1. The van der Waals surface area contributed by atoms with Crippen molar-refractivity contribution in [2.45, 2.75) is 33.7 Å². The van der Waals surface area contributed by atoms with Crippen molar-refractivity contribution >= 4 is 46.1 Å². The van der Waals surface area contributed by atoms with E-state index in [0.29, 0.717) is 33.7 Å². The quantitative estimate of drug-likeness (QED) is 0.688. The molecule has 136 valence electrons. The number of aliphatic imine (C=N–C) groups is 1. The fourth-order valence-corrected chi connectivity index (χ4v) is 3.70. The molecule has 7 heteroatoms. The molecule has 1 aliphatic rings. The average molecular weight is 401 g/mol. The number of benzene rings is 1. The zero-order valence-electron chi connectivity index (χ0n) is 14.7. The molecule has 1 N–H and O–H groups in total. The minimum atomic E-state index is -0.541. The van der Waals surface area contributed by atoms with Gasteiger partial charge in [0, 0.05) is 17.0 Å². The molecule has 1 aliphatic heterocycles. The molecule has 0 saturated heterocycles. The van der Waals surface area contributed by atoms with Crippen LogP contribution >= 0.6 is 35.0 Å². The highest BCUT2D eigenvalue weighted by molar-refractivity contribution is 8.13. The molecule has 0 radical (unpaired) electrons. The van der Waals surface area contributed by atoms with E-state index < -0.39 is 12.0 Å². The Hall–Kier alpha value is -1.17. The Kier molecular flexibility index (Phi) is 7.23. The fraction of sp³-hybridized carbons (Fsp3) is 0.444. The predicted octanol–water partition coefficient (Wildman–Crippen LogP) is 5.22. The van der Waals surface area contributed by atoms with Crippen LogP contribution in [0.3, 0.4) is 0 Å². The van der Waals surface area contributed by atoms with Gasteiger partial charge in [0.05, 0.1) is 22.2 Å². The summed E-state index contributed by atoms with van der Waals surface area (Å²) in [6.45, 7) is 8.22. The first-order chi connectivity index (χ1) is 11.8. The van der Waals surface area contributed by atoms with Crippen molar-refractivity contribution in [1.82, 2.24) is 5.32 Å². The number of ether oxygens (including phenoxy) is 1. The zero-order chi connectivity index (χ0) is 18.6. The monoisotopic (exact) mass is 400 g/mol. The van der Waals surface area contributed by atoms with E-state index in [9.17, 15) is 4.79 Å². The van der Waals surface area contributed by atoms with E-state index in [-0.39, 0.29) is 0 Å². The lowest BCUT2D eigenvalue weighted by Crippen LogP contribution is -2.31. The lowest BCUT2D eigenvalue weighted by Gasteiger charge is -2.26. The van der Waals surface area contributed by atoms with Gasteiger partial charge in [-0.15, -0.1) is 0 Å². The molecule has 0 fully saturated rings. The zero-order valence-corrected chi connectivity index (χ0v) is 17.1. The van der Waals surface area contributed by atoms with Gasteiger partial charge in [0.15, 0.2) is 5.17 Å².